The van der Waals surface area contributed by atoms with Crippen molar-refractivity contribution in [2.75, 3.05) is 33.7 Å². The second-order valence-corrected chi connectivity index (χ2v) is 14.1. The van der Waals surface area contributed by atoms with Crippen molar-refractivity contribution in [2.45, 2.75) is 37.0 Å². The summed E-state index contributed by atoms with van der Waals surface area (Å²) >= 11 is 5.95. The van der Waals surface area contributed by atoms with Gasteiger partial charge >= 0.3 is 11.9 Å². The van der Waals surface area contributed by atoms with Gasteiger partial charge in [0.1, 0.15) is 18.0 Å². The van der Waals surface area contributed by atoms with Crippen LogP contribution in [0, 0.1) is 0 Å². The molecule has 4 aromatic carbocycles. The molecule has 4 aliphatic heterocycles. The van der Waals surface area contributed by atoms with Crippen LogP contribution >= 0.6 is 11.6 Å². The highest BCUT2D eigenvalue weighted by atomic mass is 35.5. The van der Waals surface area contributed by atoms with E-state index >= 15 is 0 Å². The van der Waals surface area contributed by atoms with Gasteiger partial charge in [-0.15, -0.1) is 11.6 Å². The molecule has 0 saturated heterocycles. The van der Waals surface area contributed by atoms with E-state index in [4.69, 9.17) is 40.0 Å². The van der Waals surface area contributed by atoms with Gasteiger partial charge in [-0.25, -0.2) is 4.79 Å². The Balaban J connectivity index is 0.000000148. The van der Waals surface area contributed by atoms with Gasteiger partial charge in [0.25, 0.3) is 0 Å². The first-order chi connectivity index (χ1) is 27.4. The highest BCUT2D eigenvalue weighted by molar-refractivity contribution is 6.27. The smallest absolute Gasteiger partial charge is 0.328 e. The SMILES string of the molecule is COC(=O)[C@H]1Cc2c([nH]c3ccccc23)[C@H](c2ccc3c(c2)OCO3)N1.COC(=O)[C@H]1Cc2c([nH]c3ccccc23)[C@H](c2ccc3c(c2)OCO3)N1C(=O)CCl. The zero-order chi connectivity index (χ0) is 38.5. The summed E-state index contributed by atoms with van der Waals surface area (Å²) in [4.78, 5) is 46.4. The van der Waals surface area contributed by atoms with Crippen LogP contribution in [-0.2, 0) is 36.7 Å². The summed E-state index contributed by atoms with van der Waals surface area (Å²) in [6, 6.07) is 25.5. The van der Waals surface area contributed by atoms with E-state index in [9.17, 15) is 14.4 Å². The van der Waals surface area contributed by atoms with Crippen LogP contribution in [0.5, 0.6) is 23.0 Å². The van der Waals surface area contributed by atoms with Gasteiger partial charge in [-0.3, -0.25) is 14.9 Å². The summed E-state index contributed by atoms with van der Waals surface area (Å²) in [5.74, 6) is 1.38. The van der Waals surface area contributed by atoms with Crippen molar-refractivity contribution >= 4 is 51.3 Å². The largest absolute Gasteiger partial charge is 0.468 e. The molecule has 6 aromatic rings. The number of benzene rings is 4. The quantitative estimate of drug-likeness (QED) is 0.144. The molecule has 14 heteroatoms. The van der Waals surface area contributed by atoms with E-state index < -0.39 is 24.1 Å². The molecule has 6 heterocycles. The Hall–Kier alpha value is -6.18. The number of halogens is 1. The molecule has 4 atom stereocenters. The van der Waals surface area contributed by atoms with Gasteiger partial charge in [0, 0.05) is 46.0 Å². The van der Waals surface area contributed by atoms with Gasteiger partial charge in [-0.2, -0.15) is 0 Å². The molecular formula is C42H37ClN4O9. The molecule has 0 bridgehead atoms. The number of rotatable bonds is 5. The van der Waals surface area contributed by atoms with Crippen molar-refractivity contribution < 1.29 is 42.8 Å². The summed E-state index contributed by atoms with van der Waals surface area (Å²) in [5.41, 5.74) is 7.88. The fourth-order valence-corrected chi connectivity index (χ4v) is 8.44. The second-order valence-electron chi connectivity index (χ2n) is 13.8. The zero-order valence-corrected chi connectivity index (χ0v) is 31.2. The fraction of sp³-hybridized carbons (Fsp3) is 0.262. The number of H-pyrrole nitrogens is 2. The van der Waals surface area contributed by atoms with Gasteiger partial charge in [0.15, 0.2) is 23.0 Å². The lowest BCUT2D eigenvalue weighted by Gasteiger charge is -2.40. The topological polar surface area (TPSA) is 153 Å². The molecule has 56 heavy (non-hydrogen) atoms. The highest BCUT2D eigenvalue weighted by Crippen LogP contribution is 2.44. The normalized spacial score (nSPS) is 20.2. The van der Waals surface area contributed by atoms with Crippen molar-refractivity contribution in [3.63, 3.8) is 0 Å². The molecule has 2 aromatic heterocycles. The Morgan fingerprint density at radius 2 is 1.25 bits per heavy atom. The van der Waals surface area contributed by atoms with Crippen LogP contribution in [0.4, 0.5) is 0 Å². The average molecular weight is 777 g/mol. The van der Waals surface area contributed by atoms with Gasteiger partial charge in [0.05, 0.1) is 26.3 Å². The monoisotopic (exact) mass is 776 g/mol. The molecule has 10 rings (SSSR count). The molecule has 1 amide bonds. The molecule has 3 N–H and O–H groups in total. The van der Waals surface area contributed by atoms with E-state index in [0.717, 1.165) is 66.9 Å². The number of aromatic amines is 2. The first-order valence-corrected chi connectivity index (χ1v) is 18.7. The molecule has 0 radical (unpaired) electrons. The number of methoxy groups -OCH3 is 2. The Labute approximate surface area is 325 Å². The Morgan fingerprint density at radius 1 is 0.696 bits per heavy atom. The minimum absolute atomic E-state index is 0.149. The van der Waals surface area contributed by atoms with Crippen LogP contribution in [0.1, 0.15) is 45.7 Å². The van der Waals surface area contributed by atoms with Crippen LogP contribution in [0.2, 0.25) is 0 Å². The maximum absolute atomic E-state index is 13.0. The number of aromatic nitrogens is 2. The van der Waals surface area contributed by atoms with Crippen LogP contribution in [0.25, 0.3) is 21.8 Å². The summed E-state index contributed by atoms with van der Waals surface area (Å²) < 4.78 is 31.9. The average Bonchev–Trinajstić information content (AvgIpc) is 4.06. The van der Waals surface area contributed by atoms with E-state index in [1.54, 1.807) is 0 Å². The number of carbonyl (C=O) groups is 3. The maximum atomic E-state index is 13.0. The standard InChI is InChI=1S/C22H19ClN2O5.C20H18N2O4/c1-28-22(27)16-9-14-13-4-2-3-5-15(13)24-20(14)21(25(16)19(26)10-23)12-6-7-17-18(8-12)30-11-29-17;1-24-20(23)15-9-13-12-4-2-3-5-14(12)21-19(13)18(22-15)11-6-7-16-17(8-11)26-10-25-16/h2-8,16,21,24H,9-11H2,1H3;2-8,15,18,21-22H,9-10H2,1H3/t16-,21+;15-,18+/m11/s1. The number of nitrogens with zero attached hydrogens (tertiary/aromatic N) is 1. The number of ether oxygens (including phenoxy) is 6. The number of hydrogen-bond acceptors (Lipinski definition) is 10. The van der Waals surface area contributed by atoms with Gasteiger partial charge in [0.2, 0.25) is 19.5 Å². The number of fused-ring (bicyclic) bond motifs is 8. The fourth-order valence-electron chi connectivity index (χ4n) is 8.30. The third kappa shape index (κ3) is 6.03. The third-order valence-corrected chi connectivity index (χ3v) is 11.1. The Kier molecular flexibility index (Phi) is 9.18. The van der Waals surface area contributed by atoms with Crippen molar-refractivity contribution in [1.29, 1.82) is 0 Å². The number of amides is 1. The van der Waals surface area contributed by atoms with E-state index in [0.29, 0.717) is 24.3 Å². The molecule has 0 spiro atoms. The van der Waals surface area contributed by atoms with Crippen LogP contribution < -0.4 is 24.3 Å². The van der Waals surface area contributed by atoms with Crippen molar-refractivity contribution in [3.05, 3.63) is 119 Å². The maximum Gasteiger partial charge on any atom is 0.328 e. The van der Waals surface area contributed by atoms with Gasteiger partial charge in [-0.1, -0.05) is 48.5 Å². The van der Waals surface area contributed by atoms with Crippen molar-refractivity contribution in [1.82, 2.24) is 20.2 Å². The van der Waals surface area contributed by atoms with Crippen LogP contribution in [0.15, 0.2) is 84.9 Å². The van der Waals surface area contributed by atoms with E-state index in [1.165, 1.54) is 19.1 Å². The summed E-state index contributed by atoms with van der Waals surface area (Å²) in [6.45, 7) is 0.384. The van der Waals surface area contributed by atoms with Crippen LogP contribution in [-0.4, -0.2) is 78.5 Å². The summed E-state index contributed by atoms with van der Waals surface area (Å²) in [6.07, 6.45) is 0.933. The summed E-state index contributed by atoms with van der Waals surface area (Å²) in [7, 11) is 2.75. The minimum Gasteiger partial charge on any atom is -0.468 e. The third-order valence-electron chi connectivity index (χ3n) is 10.8. The second kappa shape index (κ2) is 14.5. The van der Waals surface area contributed by atoms with E-state index in [1.807, 2.05) is 72.8 Å². The Morgan fingerprint density at radius 3 is 1.88 bits per heavy atom. The molecule has 0 aliphatic carbocycles. The van der Waals surface area contributed by atoms with Gasteiger partial charge in [-0.05, 0) is 58.7 Å². The van der Waals surface area contributed by atoms with Crippen molar-refractivity contribution in [3.8, 4) is 23.0 Å². The molecular weight excluding hydrogens is 740 g/mol. The number of nitrogens with one attached hydrogen (secondary N) is 3. The lowest BCUT2D eigenvalue weighted by Crippen LogP contribution is -2.52. The number of para-hydroxylation sites is 2. The number of carbonyl (C=O) groups excluding carboxylic acids is 3. The predicted molar refractivity (Wildman–Crippen MR) is 205 cm³/mol. The van der Waals surface area contributed by atoms with E-state index in [-0.39, 0.29) is 37.4 Å². The molecule has 0 unspecified atom stereocenters. The minimum atomic E-state index is -0.789. The zero-order valence-electron chi connectivity index (χ0n) is 30.4. The molecule has 0 fully saturated rings. The Bertz CT molecular complexity index is 2510. The number of alkyl halides is 1. The predicted octanol–water partition coefficient (Wildman–Crippen LogP) is 5.82. The van der Waals surface area contributed by atoms with Crippen molar-refractivity contribution in [2.24, 2.45) is 0 Å². The summed E-state index contributed by atoms with van der Waals surface area (Å²) in [5, 5.41) is 5.59. The molecule has 286 valence electrons. The molecule has 0 saturated carbocycles. The number of hydrogen-bond donors (Lipinski definition) is 3. The lowest BCUT2D eigenvalue weighted by atomic mass is 9.87. The van der Waals surface area contributed by atoms with Gasteiger partial charge < -0.3 is 43.3 Å². The first-order valence-electron chi connectivity index (χ1n) is 18.1. The van der Waals surface area contributed by atoms with Crippen LogP contribution in [0.3, 0.4) is 0 Å². The molecule has 13 nitrogen and oxygen atoms in total. The lowest BCUT2D eigenvalue weighted by molar-refractivity contribution is -0.154. The molecule has 4 aliphatic rings. The number of esters is 2. The first kappa shape index (κ1) is 35.5. The van der Waals surface area contributed by atoms with E-state index in [2.05, 4.69) is 27.4 Å². The highest BCUT2D eigenvalue weighted by Gasteiger charge is 2.44.